The van der Waals surface area contributed by atoms with E-state index in [9.17, 15) is 4.79 Å². The standard InChI is InChI=1S/C16H25N5O2/c1-12-18-14(23-19-12)11-20-6-8-21(9-7-20)15(22)13-10-16(13)2-4-17-5-3-16/h13,17H,2-11H2,1H3. The summed E-state index contributed by atoms with van der Waals surface area (Å²) in [7, 11) is 0. The van der Waals surface area contributed by atoms with Crippen molar-refractivity contribution in [2.75, 3.05) is 39.3 Å². The van der Waals surface area contributed by atoms with Crippen molar-refractivity contribution in [2.45, 2.75) is 32.7 Å². The number of aromatic nitrogens is 2. The van der Waals surface area contributed by atoms with Gasteiger partial charge >= 0.3 is 0 Å². The van der Waals surface area contributed by atoms with Crippen LogP contribution in [0.4, 0.5) is 0 Å². The van der Waals surface area contributed by atoms with Gasteiger partial charge in [0.15, 0.2) is 5.82 Å². The van der Waals surface area contributed by atoms with Crippen molar-refractivity contribution in [3.8, 4) is 0 Å². The molecule has 1 amide bonds. The molecule has 0 radical (unpaired) electrons. The summed E-state index contributed by atoms with van der Waals surface area (Å²) in [4.78, 5) is 21.3. The van der Waals surface area contributed by atoms with Crippen molar-refractivity contribution >= 4 is 5.91 Å². The third-order valence-corrected chi connectivity index (χ3v) is 5.70. The molecule has 1 N–H and O–H groups in total. The minimum atomic E-state index is 0.287. The highest BCUT2D eigenvalue weighted by atomic mass is 16.5. The molecule has 4 rings (SSSR count). The Morgan fingerprint density at radius 2 is 2.04 bits per heavy atom. The minimum Gasteiger partial charge on any atom is -0.340 e. The molecule has 2 aliphatic heterocycles. The Bertz CT molecular complexity index is 573. The summed E-state index contributed by atoms with van der Waals surface area (Å²) in [5.74, 6) is 2.02. The number of nitrogens with zero attached hydrogens (tertiary/aromatic N) is 4. The zero-order valence-electron chi connectivity index (χ0n) is 13.8. The fraction of sp³-hybridized carbons (Fsp3) is 0.812. The lowest BCUT2D eigenvalue weighted by molar-refractivity contribution is -0.135. The first kappa shape index (κ1) is 15.1. The van der Waals surface area contributed by atoms with Crippen molar-refractivity contribution in [1.82, 2.24) is 25.3 Å². The van der Waals surface area contributed by atoms with Gasteiger partial charge in [0.2, 0.25) is 11.8 Å². The van der Waals surface area contributed by atoms with Gasteiger partial charge in [0.1, 0.15) is 0 Å². The highest BCUT2D eigenvalue weighted by molar-refractivity contribution is 5.82. The molecule has 3 aliphatic rings. The number of carbonyl (C=O) groups is 1. The Morgan fingerprint density at radius 1 is 1.30 bits per heavy atom. The SMILES string of the molecule is Cc1noc(CN2CCN(C(=O)C3CC34CCNCC4)CC2)n1. The van der Waals surface area contributed by atoms with E-state index in [0.717, 1.165) is 45.7 Å². The first-order valence-electron chi connectivity index (χ1n) is 8.67. The Balaban J connectivity index is 1.27. The molecule has 1 aromatic rings. The minimum absolute atomic E-state index is 0.287. The number of amides is 1. The highest BCUT2D eigenvalue weighted by Gasteiger charge is 2.58. The molecular weight excluding hydrogens is 294 g/mol. The fourth-order valence-electron chi connectivity index (χ4n) is 4.12. The number of aryl methyl sites for hydroxylation is 1. The maximum atomic E-state index is 12.7. The number of nitrogens with one attached hydrogen (secondary N) is 1. The zero-order chi connectivity index (χ0) is 15.9. The van der Waals surface area contributed by atoms with Crippen molar-refractivity contribution in [2.24, 2.45) is 11.3 Å². The number of piperidine rings is 1. The highest BCUT2D eigenvalue weighted by Crippen LogP contribution is 2.59. The first-order valence-corrected chi connectivity index (χ1v) is 8.67. The van der Waals surface area contributed by atoms with Crippen LogP contribution in [-0.4, -0.2) is 65.1 Å². The zero-order valence-corrected chi connectivity index (χ0v) is 13.8. The monoisotopic (exact) mass is 319 g/mol. The molecule has 7 heteroatoms. The third kappa shape index (κ3) is 2.99. The van der Waals surface area contributed by atoms with E-state index in [2.05, 4.69) is 25.3 Å². The van der Waals surface area contributed by atoms with Crippen LogP contribution in [0.3, 0.4) is 0 Å². The molecule has 1 unspecified atom stereocenters. The molecule has 23 heavy (non-hydrogen) atoms. The van der Waals surface area contributed by atoms with Crippen molar-refractivity contribution < 1.29 is 9.32 Å². The third-order valence-electron chi connectivity index (χ3n) is 5.70. The summed E-state index contributed by atoms with van der Waals surface area (Å²) in [5.41, 5.74) is 0.334. The van der Waals surface area contributed by atoms with E-state index in [4.69, 9.17) is 4.52 Å². The van der Waals surface area contributed by atoms with E-state index >= 15 is 0 Å². The molecule has 3 fully saturated rings. The van der Waals surface area contributed by atoms with Gasteiger partial charge in [-0.1, -0.05) is 5.16 Å². The van der Waals surface area contributed by atoms with Crippen molar-refractivity contribution in [3.05, 3.63) is 11.7 Å². The number of hydrogen-bond donors (Lipinski definition) is 1. The first-order chi connectivity index (χ1) is 11.2. The van der Waals surface area contributed by atoms with Gasteiger partial charge in [-0.3, -0.25) is 9.69 Å². The maximum absolute atomic E-state index is 12.7. The molecule has 0 aromatic carbocycles. The van der Waals surface area contributed by atoms with Crippen LogP contribution in [-0.2, 0) is 11.3 Å². The predicted molar refractivity (Wildman–Crippen MR) is 83.5 cm³/mol. The van der Waals surface area contributed by atoms with Gasteiger partial charge in [-0.2, -0.15) is 4.98 Å². The van der Waals surface area contributed by atoms with Crippen molar-refractivity contribution in [1.29, 1.82) is 0 Å². The molecule has 7 nitrogen and oxygen atoms in total. The van der Waals surface area contributed by atoms with Gasteiger partial charge in [0.25, 0.3) is 0 Å². The normalized spacial score (nSPS) is 27.3. The predicted octanol–water partition coefficient (Wildman–Crippen LogP) is 0.412. The van der Waals surface area contributed by atoms with Crippen LogP contribution in [0.2, 0.25) is 0 Å². The Hall–Kier alpha value is -1.47. The molecule has 1 aromatic heterocycles. The molecule has 1 atom stereocenters. The van der Waals surface area contributed by atoms with E-state index in [1.165, 1.54) is 12.8 Å². The summed E-state index contributed by atoms with van der Waals surface area (Å²) in [6.07, 6.45) is 3.44. The van der Waals surface area contributed by atoms with E-state index in [1.54, 1.807) is 0 Å². The number of piperazine rings is 1. The number of carbonyl (C=O) groups excluding carboxylic acids is 1. The van der Waals surface area contributed by atoms with Crippen LogP contribution in [0, 0.1) is 18.3 Å². The summed E-state index contributed by atoms with van der Waals surface area (Å²) in [5, 5.41) is 7.22. The van der Waals surface area contributed by atoms with Crippen LogP contribution in [0.15, 0.2) is 4.52 Å². The lowest BCUT2D eigenvalue weighted by Gasteiger charge is -2.35. The molecule has 1 aliphatic carbocycles. The fourth-order valence-corrected chi connectivity index (χ4v) is 4.12. The van der Waals surface area contributed by atoms with Gasteiger partial charge in [0.05, 0.1) is 6.54 Å². The van der Waals surface area contributed by atoms with E-state index < -0.39 is 0 Å². The van der Waals surface area contributed by atoms with Gasteiger partial charge in [-0.25, -0.2) is 0 Å². The Kier molecular flexibility index (Phi) is 3.85. The smallest absolute Gasteiger partial charge is 0.240 e. The summed E-state index contributed by atoms with van der Waals surface area (Å²) < 4.78 is 5.18. The van der Waals surface area contributed by atoms with E-state index in [-0.39, 0.29) is 5.92 Å². The van der Waals surface area contributed by atoms with E-state index in [0.29, 0.717) is 29.6 Å². The van der Waals surface area contributed by atoms with Crippen LogP contribution in [0.1, 0.15) is 31.0 Å². The summed E-state index contributed by atoms with van der Waals surface area (Å²) in [6, 6.07) is 0. The van der Waals surface area contributed by atoms with E-state index in [1.807, 2.05) is 6.92 Å². The second-order valence-corrected chi connectivity index (χ2v) is 7.21. The van der Waals surface area contributed by atoms with Crippen molar-refractivity contribution in [3.63, 3.8) is 0 Å². The molecule has 3 heterocycles. The topological polar surface area (TPSA) is 74.5 Å². The van der Waals surface area contributed by atoms with Crippen LogP contribution in [0.5, 0.6) is 0 Å². The average molecular weight is 319 g/mol. The molecule has 1 spiro atoms. The molecular formula is C16H25N5O2. The van der Waals surface area contributed by atoms with Gasteiger partial charge in [0, 0.05) is 32.1 Å². The van der Waals surface area contributed by atoms with Crippen LogP contribution in [0.25, 0.3) is 0 Å². The second kappa shape index (κ2) is 5.87. The molecule has 2 saturated heterocycles. The summed E-state index contributed by atoms with van der Waals surface area (Å²) in [6.45, 7) is 8.05. The second-order valence-electron chi connectivity index (χ2n) is 7.21. The quantitative estimate of drug-likeness (QED) is 0.870. The Labute approximate surface area is 136 Å². The van der Waals surface area contributed by atoms with Gasteiger partial charge in [-0.05, 0) is 44.7 Å². The van der Waals surface area contributed by atoms with Crippen LogP contribution < -0.4 is 5.32 Å². The summed E-state index contributed by atoms with van der Waals surface area (Å²) >= 11 is 0. The number of rotatable bonds is 3. The molecule has 0 bridgehead atoms. The van der Waals surface area contributed by atoms with Gasteiger partial charge < -0.3 is 14.7 Å². The largest absolute Gasteiger partial charge is 0.340 e. The van der Waals surface area contributed by atoms with Gasteiger partial charge in [-0.15, -0.1) is 0 Å². The lowest BCUT2D eigenvalue weighted by atomic mass is 9.91. The Morgan fingerprint density at radius 3 is 2.70 bits per heavy atom. The van der Waals surface area contributed by atoms with Crippen LogP contribution >= 0.6 is 0 Å². The maximum Gasteiger partial charge on any atom is 0.240 e. The number of hydrogen-bond acceptors (Lipinski definition) is 6. The molecule has 1 saturated carbocycles. The molecule has 126 valence electrons. The lowest BCUT2D eigenvalue weighted by Crippen LogP contribution is -2.49. The average Bonchev–Trinajstić information content (AvgIpc) is 3.09.